The summed E-state index contributed by atoms with van der Waals surface area (Å²) in [6.45, 7) is 6.90. The molecule has 0 aromatic carbocycles. The summed E-state index contributed by atoms with van der Waals surface area (Å²) in [7, 11) is 0. The molecular weight excluding hydrogens is 354 g/mol. The minimum Gasteiger partial charge on any atom is -0.379 e. The largest absolute Gasteiger partial charge is 0.379 e. The molecule has 0 atom stereocenters. The molecule has 0 unspecified atom stereocenters. The molecule has 0 bridgehead atoms. The molecule has 2 fully saturated rings. The summed E-state index contributed by atoms with van der Waals surface area (Å²) < 4.78 is 7.40. The Labute approximate surface area is 166 Å². The standard InChI is InChI=1S/C21H29N5O2/c27-21(22-7-12-24-13-15-28-16-14-24)18-5-10-26(11-6-18)20-4-3-19(17-23-20)25-8-1-2-9-25/h1-4,8-9,17-18H,5-7,10-16H2,(H,22,27). The number of anilines is 1. The first kappa shape index (κ1) is 19.0. The summed E-state index contributed by atoms with van der Waals surface area (Å²) in [5, 5.41) is 3.12. The Morgan fingerprint density at radius 2 is 1.86 bits per heavy atom. The van der Waals surface area contributed by atoms with E-state index in [9.17, 15) is 4.79 Å². The fourth-order valence-electron chi connectivity index (χ4n) is 3.90. The number of nitrogens with zero attached hydrogens (tertiary/aromatic N) is 4. The number of aromatic nitrogens is 2. The maximum absolute atomic E-state index is 12.5. The first-order valence-corrected chi connectivity index (χ1v) is 10.2. The van der Waals surface area contributed by atoms with E-state index in [1.807, 2.05) is 35.3 Å². The van der Waals surface area contributed by atoms with Crippen LogP contribution in [0.2, 0.25) is 0 Å². The Balaban J connectivity index is 1.21. The van der Waals surface area contributed by atoms with Crippen molar-refractivity contribution in [2.45, 2.75) is 12.8 Å². The molecule has 7 nitrogen and oxygen atoms in total. The van der Waals surface area contributed by atoms with E-state index in [4.69, 9.17) is 4.74 Å². The number of nitrogens with one attached hydrogen (secondary N) is 1. The molecule has 2 aliphatic heterocycles. The first-order chi connectivity index (χ1) is 13.8. The van der Waals surface area contributed by atoms with Crippen LogP contribution >= 0.6 is 0 Å². The van der Waals surface area contributed by atoms with Crippen LogP contribution in [0.4, 0.5) is 5.82 Å². The number of rotatable bonds is 6. The Bertz CT molecular complexity index is 733. The van der Waals surface area contributed by atoms with Crippen molar-refractivity contribution < 1.29 is 9.53 Å². The molecule has 150 valence electrons. The second-order valence-electron chi connectivity index (χ2n) is 7.47. The van der Waals surface area contributed by atoms with E-state index in [-0.39, 0.29) is 11.8 Å². The van der Waals surface area contributed by atoms with Gasteiger partial charge >= 0.3 is 0 Å². The Morgan fingerprint density at radius 3 is 2.54 bits per heavy atom. The highest BCUT2D eigenvalue weighted by molar-refractivity contribution is 5.79. The van der Waals surface area contributed by atoms with E-state index >= 15 is 0 Å². The van der Waals surface area contributed by atoms with E-state index in [0.29, 0.717) is 0 Å². The molecule has 28 heavy (non-hydrogen) atoms. The molecule has 2 saturated heterocycles. The number of carbonyl (C=O) groups is 1. The summed E-state index contributed by atoms with van der Waals surface area (Å²) in [6.07, 6.45) is 7.69. The van der Waals surface area contributed by atoms with Crippen molar-refractivity contribution in [3.05, 3.63) is 42.9 Å². The van der Waals surface area contributed by atoms with Crippen LogP contribution in [0, 0.1) is 5.92 Å². The van der Waals surface area contributed by atoms with Gasteiger partial charge < -0.3 is 19.5 Å². The third-order valence-electron chi connectivity index (χ3n) is 5.66. The second kappa shape index (κ2) is 9.21. The van der Waals surface area contributed by atoms with Crippen LogP contribution in [0.5, 0.6) is 0 Å². The topological polar surface area (TPSA) is 62.6 Å². The first-order valence-electron chi connectivity index (χ1n) is 10.2. The van der Waals surface area contributed by atoms with Crippen molar-refractivity contribution in [2.75, 3.05) is 57.4 Å². The van der Waals surface area contributed by atoms with Crippen molar-refractivity contribution >= 4 is 11.7 Å². The quantitative estimate of drug-likeness (QED) is 0.820. The maximum atomic E-state index is 12.5. The summed E-state index contributed by atoms with van der Waals surface area (Å²) in [6, 6.07) is 8.17. The number of hydrogen-bond acceptors (Lipinski definition) is 5. The number of morpholine rings is 1. The van der Waals surface area contributed by atoms with Gasteiger partial charge in [0.2, 0.25) is 5.91 Å². The zero-order valence-electron chi connectivity index (χ0n) is 16.3. The van der Waals surface area contributed by atoms with Crippen molar-refractivity contribution in [1.29, 1.82) is 0 Å². The van der Waals surface area contributed by atoms with E-state index in [1.165, 1.54) is 0 Å². The number of piperidine rings is 1. The lowest BCUT2D eigenvalue weighted by molar-refractivity contribution is -0.125. The normalized spacial score (nSPS) is 18.9. The van der Waals surface area contributed by atoms with Gasteiger partial charge in [-0.1, -0.05) is 0 Å². The highest BCUT2D eigenvalue weighted by Crippen LogP contribution is 2.22. The van der Waals surface area contributed by atoms with Gasteiger partial charge in [0.15, 0.2) is 0 Å². The predicted octanol–water partition coefficient (Wildman–Crippen LogP) is 1.54. The highest BCUT2D eigenvalue weighted by atomic mass is 16.5. The fourth-order valence-corrected chi connectivity index (χ4v) is 3.90. The predicted molar refractivity (Wildman–Crippen MR) is 109 cm³/mol. The van der Waals surface area contributed by atoms with Crippen molar-refractivity contribution in [3.8, 4) is 5.69 Å². The zero-order chi connectivity index (χ0) is 19.2. The van der Waals surface area contributed by atoms with E-state index in [0.717, 1.165) is 76.8 Å². The van der Waals surface area contributed by atoms with Crippen LogP contribution in [-0.4, -0.2) is 72.8 Å². The number of carbonyl (C=O) groups excluding carboxylic acids is 1. The van der Waals surface area contributed by atoms with Crippen LogP contribution in [0.15, 0.2) is 42.9 Å². The molecule has 2 aromatic heterocycles. The van der Waals surface area contributed by atoms with Gasteiger partial charge in [-0.25, -0.2) is 4.98 Å². The Hall–Kier alpha value is -2.38. The average molecular weight is 383 g/mol. The molecular formula is C21H29N5O2. The van der Waals surface area contributed by atoms with Gasteiger partial charge in [-0.3, -0.25) is 9.69 Å². The lowest BCUT2D eigenvalue weighted by Crippen LogP contribution is -2.44. The van der Waals surface area contributed by atoms with Crippen LogP contribution < -0.4 is 10.2 Å². The molecule has 0 spiro atoms. The van der Waals surface area contributed by atoms with Gasteiger partial charge in [0, 0.05) is 57.6 Å². The smallest absolute Gasteiger partial charge is 0.223 e. The molecule has 2 aliphatic rings. The van der Waals surface area contributed by atoms with Gasteiger partial charge in [-0.15, -0.1) is 0 Å². The van der Waals surface area contributed by atoms with E-state index in [1.54, 1.807) is 0 Å². The summed E-state index contributed by atoms with van der Waals surface area (Å²) in [5.74, 6) is 1.30. The number of hydrogen-bond donors (Lipinski definition) is 1. The molecule has 7 heteroatoms. The van der Waals surface area contributed by atoms with Crippen LogP contribution in [0.25, 0.3) is 5.69 Å². The third-order valence-corrected chi connectivity index (χ3v) is 5.66. The molecule has 1 amide bonds. The monoisotopic (exact) mass is 383 g/mol. The highest BCUT2D eigenvalue weighted by Gasteiger charge is 2.25. The minimum atomic E-state index is 0.111. The molecule has 1 N–H and O–H groups in total. The molecule has 4 heterocycles. The Morgan fingerprint density at radius 1 is 1.11 bits per heavy atom. The minimum absolute atomic E-state index is 0.111. The summed E-state index contributed by atoms with van der Waals surface area (Å²) in [4.78, 5) is 21.7. The SMILES string of the molecule is O=C(NCCN1CCOCC1)C1CCN(c2ccc(-n3cccc3)cn2)CC1. The fraction of sp³-hybridized carbons (Fsp3) is 0.524. The molecule has 0 saturated carbocycles. The van der Waals surface area contributed by atoms with Crippen LogP contribution in [-0.2, 0) is 9.53 Å². The summed E-state index contributed by atoms with van der Waals surface area (Å²) in [5.41, 5.74) is 1.06. The maximum Gasteiger partial charge on any atom is 0.223 e. The van der Waals surface area contributed by atoms with Crippen LogP contribution in [0.1, 0.15) is 12.8 Å². The van der Waals surface area contributed by atoms with Crippen molar-refractivity contribution in [2.24, 2.45) is 5.92 Å². The van der Waals surface area contributed by atoms with Gasteiger partial charge in [0.25, 0.3) is 0 Å². The summed E-state index contributed by atoms with van der Waals surface area (Å²) >= 11 is 0. The van der Waals surface area contributed by atoms with Gasteiger partial charge in [-0.05, 0) is 37.1 Å². The zero-order valence-corrected chi connectivity index (χ0v) is 16.3. The van der Waals surface area contributed by atoms with Gasteiger partial charge in [0.1, 0.15) is 5.82 Å². The third kappa shape index (κ3) is 4.72. The number of amides is 1. The number of ether oxygens (including phenoxy) is 1. The number of pyridine rings is 1. The lowest BCUT2D eigenvalue weighted by Gasteiger charge is -2.32. The molecule has 4 rings (SSSR count). The lowest BCUT2D eigenvalue weighted by atomic mass is 9.96. The molecule has 2 aromatic rings. The van der Waals surface area contributed by atoms with Crippen molar-refractivity contribution in [1.82, 2.24) is 19.8 Å². The van der Waals surface area contributed by atoms with Gasteiger partial charge in [-0.2, -0.15) is 0 Å². The molecule has 0 aliphatic carbocycles. The molecule has 0 radical (unpaired) electrons. The van der Waals surface area contributed by atoms with E-state index < -0.39 is 0 Å². The van der Waals surface area contributed by atoms with Crippen LogP contribution in [0.3, 0.4) is 0 Å². The van der Waals surface area contributed by atoms with Gasteiger partial charge in [0.05, 0.1) is 25.1 Å². The second-order valence-corrected chi connectivity index (χ2v) is 7.47. The van der Waals surface area contributed by atoms with E-state index in [2.05, 4.69) is 32.2 Å². The average Bonchev–Trinajstić information content (AvgIpc) is 3.30. The van der Waals surface area contributed by atoms with Crippen molar-refractivity contribution in [3.63, 3.8) is 0 Å². The Kier molecular flexibility index (Phi) is 6.24.